The normalized spacial score (nSPS) is 11.6. The van der Waals surface area contributed by atoms with Crippen molar-refractivity contribution in [2.75, 3.05) is 4.90 Å². The highest BCUT2D eigenvalue weighted by Gasteiger charge is 2.41. The summed E-state index contributed by atoms with van der Waals surface area (Å²) in [5, 5.41) is 2.66. The van der Waals surface area contributed by atoms with Crippen molar-refractivity contribution in [3.8, 4) is 0 Å². The van der Waals surface area contributed by atoms with Crippen LogP contribution in [0.1, 0.15) is 5.69 Å². The first kappa shape index (κ1) is 16.2. The van der Waals surface area contributed by atoms with Gasteiger partial charge in [0.2, 0.25) is 6.41 Å². The van der Waals surface area contributed by atoms with Crippen molar-refractivity contribution < 1.29 is 26.7 Å². The average Bonchev–Trinajstić information content (AvgIpc) is 2.70. The number of hydrogen-bond acceptors (Lipinski definition) is 2. The summed E-state index contributed by atoms with van der Waals surface area (Å²) < 4.78 is 66.3. The van der Waals surface area contributed by atoms with Gasteiger partial charge in [-0.1, -0.05) is 11.6 Å². The summed E-state index contributed by atoms with van der Waals surface area (Å²) in [5.41, 5.74) is -2.88. The van der Waals surface area contributed by atoms with Crippen molar-refractivity contribution in [1.29, 1.82) is 0 Å². The lowest BCUT2D eigenvalue weighted by Gasteiger charge is -2.19. The molecule has 0 fully saturated rings. The molecule has 1 amide bonds. The van der Waals surface area contributed by atoms with Gasteiger partial charge in [-0.05, 0) is 12.1 Å². The van der Waals surface area contributed by atoms with Crippen LogP contribution in [-0.2, 0) is 18.0 Å². The molecule has 0 bridgehead atoms. The van der Waals surface area contributed by atoms with E-state index in [9.17, 15) is 26.7 Å². The fourth-order valence-corrected chi connectivity index (χ4v) is 2.02. The molecular weight excluding hydrogens is 333 g/mol. The monoisotopic (exact) mass is 339 g/mol. The number of aryl methyl sites for hydroxylation is 1. The molecular formula is C12H7ClF5N3O. The summed E-state index contributed by atoms with van der Waals surface area (Å²) in [4.78, 5) is 11.5. The molecule has 0 aliphatic rings. The van der Waals surface area contributed by atoms with Crippen LogP contribution >= 0.6 is 11.6 Å². The topological polar surface area (TPSA) is 38.1 Å². The predicted molar refractivity (Wildman–Crippen MR) is 67.8 cm³/mol. The standard InChI is InChI=1S/C12H7ClF5N3O/c1-20-11(13)9(10(19-20)12(16,17)18)21(5-22)8-3-2-6(14)4-7(8)15/h2-5H,1H3. The molecule has 0 atom stereocenters. The van der Waals surface area contributed by atoms with E-state index in [2.05, 4.69) is 5.10 Å². The van der Waals surface area contributed by atoms with Crippen molar-refractivity contribution in [3.05, 3.63) is 40.7 Å². The maximum absolute atomic E-state index is 13.7. The Balaban J connectivity index is 2.69. The van der Waals surface area contributed by atoms with E-state index in [0.717, 1.165) is 19.2 Å². The largest absolute Gasteiger partial charge is 0.437 e. The van der Waals surface area contributed by atoms with Gasteiger partial charge >= 0.3 is 6.18 Å². The molecule has 4 nitrogen and oxygen atoms in total. The second-order valence-electron chi connectivity index (χ2n) is 4.18. The van der Waals surface area contributed by atoms with Crippen molar-refractivity contribution >= 4 is 29.4 Å². The lowest BCUT2D eigenvalue weighted by Crippen LogP contribution is -2.20. The first-order chi connectivity index (χ1) is 10.2. The Bertz CT molecular complexity index is 728. The Kier molecular flexibility index (Phi) is 4.10. The van der Waals surface area contributed by atoms with E-state index in [1.807, 2.05) is 0 Å². The number of nitrogens with zero attached hydrogens (tertiary/aromatic N) is 3. The van der Waals surface area contributed by atoms with Gasteiger partial charge in [-0.2, -0.15) is 18.3 Å². The van der Waals surface area contributed by atoms with E-state index in [0.29, 0.717) is 15.6 Å². The van der Waals surface area contributed by atoms with Crippen LogP contribution in [0.25, 0.3) is 0 Å². The SMILES string of the molecule is Cn1nc(C(F)(F)F)c(N(C=O)c2ccc(F)cc2F)c1Cl. The van der Waals surface area contributed by atoms with Crippen LogP contribution in [0.5, 0.6) is 0 Å². The molecule has 0 N–H and O–H groups in total. The van der Waals surface area contributed by atoms with Gasteiger partial charge in [-0.25, -0.2) is 8.78 Å². The Hall–Kier alpha value is -2.16. The summed E-state index contributed by atoms with van der Waals surface area (Å²) in [6, 6.07) is 2.05. The van der Waals surface area contributed by atoms with E-state index >= 15 is 0 Å². The third-order valence-electron chi connectivity index (χ3n) is 2.74. The van der Waals surface area contributed by atoms with Crippen molar-refractivity contribution in [2.24, 2.45) is 7.05 Å². The zero-order valence-electron chi connectivity index (χ0n) is 10.8. The summed E-state index contributed by atoms with van der Waals surface area (Å²) >= 11 is 5.73. The van der Waals surface area contributed by atoms with Gasteiger partial charge in [0.25, 0.3) is 0 Å². The maximum Gasteiger partial charge on any atom is 0.437 e. The Morgan fingerprint density at radius 1 is 1.32 bits per heavy atom. The fraction of sp³-hybridized carbons (Fsp3) is 0.167. The molecule has 1 aromatic heterocycles. The molecule has 22 heavy (non-hydrogen) atoms. The molecule has 0 aliphatic heterocycles. The number of halogens is 6. The summed E-state index contributed by atoms with van der Waals surface area (Å²) in [6.07, 6.45) is -4.98. The highest BCUT2D eigenvalue weighted by atomic mass is 35.5. The van der Waals surface area contributed by atoms with Gasteiger partial charge in [0.05, 0.1) is 5.69 Å². The van der Waals surface area contributed by atoms with E-state index in [1.54, 1.807) is 0 Å². The van der Waals surface area contributed by atoms with Crippen LogP contribution in [0.2, 0.25) is 5.15 Å². The predicted octanol–water partition coefficient (Wildman–Crippen LogP) is 3.67. The molecule has 0 unspecified atom stereocenters. The highest BCUT2D eigenvalue weighted by molar-refractivity contribution is 6.33. The fourth-order valence-electron chi connectivity index (χ4n) is 1.80. The molecule has 0 aliphatic carbocycles. The number of carbonyl (C=O) groups excluding carboxylic acids is 1. The van der Waals surface area contributed by atoms with Crippen molar-refractivity contribution in [1.82, 2.24) is 9.78 Å². The minimum Gasteiger partial charge on any atom is -0.278 e. The van der Waals surface area contributed by atoms with Crippen molar-refractivity contribution in [2.45, 2.75) is 6.18 Å². The number of rotatable bonds is 3. The molecule has 0 spiro atoms. The Labute approximate surface area is 125 Å². The quantitative estimate of drug-likeness (QED) is 0.632. The number of anilines is 2. The van der Waals surface area contributed by atoms with E-state index in [1.165, 1.54) is 0 Å². The van der Waals surface area contributed by atoms with E-state index in [4.69, 9.17) is 11.6 Å². The zero-order chi connectivity index (χ0) is 16.7. The van der Waals surface area contributed by atoms with E-state index < -0.39 is 40.0 Å². The first-order valence-electron chi connectivity index (χ1n) is 5.66. The summed E-state index contributed by atoms with van der Waals surface area (Å²) in [5.74, 6) is -2.17. The maximum atomic E-state index is 13.7. The van der Waals surface area contributed by atoms with Crippen LogP contribution < -0.4 is 4.90 Å². The third-order valence-corrected chi connectivity index (χ3v) is 3.16. The number of alkyl halides is 3. The van der Waals surface area contributed by atoms with Crippen molar-refractivity contribution in [3.63, 3.8) is 0 Å². The average molecular weight is 340 g/mol. The van der Waals surface area contributed by atoms with Gasteiger partial charge in [0.15, 0.2) is 10.8 Å². The summed E-state index contributed by atoms with van der Waals surface area (Å²) in [6.45, 7) is 0. The number of amides is 1. The molecule has 1 aromatic carbocycles. The zero-order valence-corrected chi connectivity index (χ0v) is 11.6. The third kappa shape index (κ3) is 2.76. The molecule has 0 radical (unpaired) electrons. The van der Waals surface area contributed by atoms with Crippen LogP contribution in [-0.4, -0.2) is 16.2 Å². The smallest absolute Gasteiger partial charge is 0.278 e. The van der Waals surface area contributed by atoms with Crippen LogP contribution in [0.3, 0.4) is 0 Å². The number of benzene rings is 1. The van der Waals surface area contributed by atoms with Gasteiger partial charge in [-0.15, -0.1) is 0 Å². The lowest BCUT2D eigenvalue weighted by atomic mass is 10.2. The summed E-state index contributed by atoms with van der Waals surface area (Å²) in [7, 11) is 1.13. The van der Waals surface area contributed by atoms with Crippen LogP contribution in [0.4, 0.5) is 33.3 Å². The van der Waals surface area contributed by atoms with Gasteiger partial charge in [0.1, 0.15) is 17.3 Å². The first-order valence-corrected chi connectivity index (χ1v) is 6.04. The Morgan fingerprint density at radius 2 is 1.95 bits per heavy atom. The van der Waals surface area contributed by atoms with E-state index in [-0.39, 0.29) is 6.41 Å². The van der Waals surface area contributed by atoms with Crippen LogP contribution in [0.15, 0.2) is 18.2 Å². The molecule has 0 saturated carbocycles. The molecule has 1 heterocycles. The molecule has 10 heteroatoms. The number of hydrogen-bond donors (Lipinski definition) is 0. The molecule has 118 valence electrons. The minimum atomic E-state index is -4.92. The minimum absolute atomic E-state index is 0.0611. The molecule has 2 aromatic rings. The lowest BCUT2D eigenvalue weighted by molar-refractivity contribution is -0.140. The number of carbonyl (C=O) groups is 1. The van der Waals surface area contributed by atoms with Gasteiger partial charge in [0, 0.05) is 13.1 Å². The highest BCUT2D eigenvalue weighted by Crippen LogP contribution is 2.42. The number of aromatic nitrogens is 2. The second kappa shape index (κ2) is 5.56. The second-order valence-corrected chi connectivity index (χ2v) is 4.54. The Morgan fingerprint density at radius 3 is 2.45 bits per heavy atom. The van der Waals surface area contributed by atoms with Gasteiger partial charge < -0.3 is 0 Å². The molecule has 2 rings (SSSR count). The van der Waals surface area contributed by atoms with Crippen LogP contribution in [0, 0.1) is 11.6 Å². The van der Waals surface area contributed by atoms with Gasteiger partial charge in [-0.3, -0.25) is 14.4 Å². The molecule has 0 saturated heterocycles.